The maximum atomic E-state index is 10.7. The highest BCUT2D eigenvalue weighted by Crippen LogP contribution is 2.05. The number of aldehydes is 1. The van der Waals surface area contributed by atoms with E-state index in [4.69, 9.17) is 5.73 Å². The van der Waals surface area contributed by atoms with Crippen molar-refractivity contribution in [1.29, 1.82) is 0 Å². The average molecular weight is 177 g/mol. The Kier molecular flexibility index (Phi) is 3.20. The predicted molar refractivity (Wildman–Crippen MR) is 49.3 cm³/mol. The minimum atomic E-state index is -0.429. The van der Waals surface area contributed by atoms with Gasteiger partial charge in [-0.1, -0.05) is 12.1 Å². The van der Waals surface area contributed by atoms with Crippen LogP contribution in [0.5, 0.6) is 0 Å². The van der Waals surface area contributed by atoms with Crippen LogP contribution in [0.2, 0.25) is 0 Å². The summed E-state index contributed by atoms with van der Waals surface area (Å²) in [7, 11) is 0. The first-order valence-corrected chi connectivity index (χ1v) is 4.06. The number of benzene rings is 1. The van der Waals surface area contributed by atoms with Crippen LogP contribution in [0.4, 0.5) is 0 Å². The van der Waals surface area contributed by atoms with Gasteiger partial charge in [-0.2, -0.15) is 0 Å². The van der Waals surface area contributed by atoms with Crippen molar-refractivity contribution < 1.29 is 9.59 Å². The fourth-order valence-corrected chi connectivity index (χ4v) is 1.06. The van der Waals surface area contributed by atoms with E-state index in [-0.39, 0.29) is 0 Å². The van der Waals surface area contributed by atoms with Gasteiger partial charge in [0.15, 0.2) is 0 Å². The summed E-state index contributed by atoms with van der Waals surface area (Å²) >= 11 is 0. The summed E-state index contributed by atoms with van der Waals surface area (Å²) in [4.78, 5) is 20.8. The Labute approximate surface area is 76.6 Å². The summed E-state index contributed by atoms with van der Waals surface area (Å²) < 4.78 is 0. The van der Waals surface area contributed by atoms with Crippen molar-refractivity contribution in [1.82, 2.24) is 0 Å². The van der Waals surface area contributed by atoms with Crippen molar-refractivity contribution in [3.63, 3.8) is 0 Å². The number of carbonyl (C=O) groups is 2. The van der Waals surface area contributed by atoms with Crippen LogP contribution in [0, 0.1) is 0 Å². The van der Waals surface area contributed by atoms with Gasteiger partial charge >= 0.3 is 0 Å². The van der Waals surface area contributed by atoms with E-state index in [1.54, 1.807) is 12.1 Å². The fourth-order valence-electron chi connectivity index (χ4n) is 1.06. The Hall–Kier alpha value is -1.64. The van der Waals surface area contributed by atoms with Crippen molar-refractivity contribution in [3.05, 3.63) is 35.4 Å². The van der Waals surface area contributed by atoms with Crippen molar-refractivity contribution in [2.45, 2.75) is 12.8 Å². The SMILES string of the molecule is NC(=O)c1ccc(CCC=O)cc1. The number of primary amides is 1. The number of hydrogen-bond donors (Lipinski definition) is 1. The minimum absolute atomic E-state index is 0.429. The van der Waals surface area contributed by atoms with Crippen LogP contribution in [0.15, 0.2) is 24.3 Å². The third-order valence-electron chi connectivity index (χ3n) is 1.79. The second-order valence-electron chi connectivity index (χ2n) is 2.77. The monoisotopic (exact) mass is 177 g/mol. The molecule has 0 unspecified atom stereocenters. The smallest absolute Gasteiger partial charge is 0.248 e. The molecule has 0 saturated heterocycles. The molecule has 1 rings (SSSR count). The lowest BCUT2D eigenvalue weighted by Gasteiger charge is -1.98. The molecule has 68 valence electrons. The summed E-state index contributed by atoms with van der Waals surface area (Å²) in [5, 5.41) is 0. The van der Waals surface area contributed by atoms with Gasteiger partial charge in [0.2, 0.25) is 5.91 Å². The number of rotatable bonds is 4. The molecular weight excluding hydrogens is 166 g/mol. The highest BCUT2D eigenvalue weighted by atomic mass is 16.1. The number of carbonyl (C=O) groups excluding carboxylic acids is 2. The van der Waals surface area contributed by atoms with Crippen LogP contribution in [0.3, 0.4) is 0 Å². The summed E-state index contributed by atoms with van der Waals surface area (Å²) in [5.41, 5.74) is 6.60. The molecule has 0 aromatic heterocycles. The van der Waals surface area contributed by atoms with E-state index in [0.29, 0.717) is 18.4 Å². The molecule has 0 atom stereocenters. The van der Waals surface area contributed by atoms with Crippen molar-refractivity contribution in [2.75, 3.05) is 0 Å². The number of hydrogen-bond acceptors (Lipinski definition) is 2. The van der Waals surface area contributed by atoms with Gasteiger partial charge in [-0.15, -0.1) is 0 Å². The molecule has 0 spiro atoms. The maximum absolute atomic E-state index is 10.7. The third kappa shape index (κ3) is 2.71. The molecule has 2 N–H and O–H groups in total. The van der Waals surface area contributed by atoms with Gasteiger partial charge in [0.25, 0.3) is 0 Å². The molecule has 0 aliphatic rings. The molecule has 0 aliphatic heterocycles. The zero-order valence-electron chi connectivity index (χ0n) is 7.19. The normalized spacial score (nSPS) is 9.54. The quantitative estimate of drug-likeness (QED) is 0.695. The molecule has 13 heavy (non-hydrogen) atoms. The fraction of sp³-hybridized carbons (Fsp3) is 0.200. The van der Waals surface area contributed by atoms with Gasteiger partial charge in [0, 0.05) is 12.0 Å². The summed E-state index contributed by atoms with van der Waals surface area (Å²) in [6.45, 7) is 0. The predicted octanol–water partition coefficient (Wildman–Crippen LogP) is 0.917. The Morgan fingerprint density at radius 1 is 1.31 bits per heavy atom. The van der Waals surface area contributed by atoms with E-state index in [1.807, 2.05) is 12.1 Å². The van der Waals surface area contributed by atoms with E-state index in [9.17, 15) is 9.59 Å². The zero-order valence-corrected chi connectivity index (χ0v) is 7.19. The highest BCUT2D eigenvalue weighted by molar-refractivity contribution is 5.92. The standard InChI is InChI=1S/C10H11NO2/c11-10(13)9-5-3-8(4-6-9)2-1-7-12/h3-7H,1-2H2,(H2,11,13). The van der Waals surface area contributed by atoms with Gasteiger partial charge in [-0.05, 0) is 24.1 Å². The lowest BCUT2D eigenvalue weighted by atomic mass is 10.1. The summed E-state index contributed by atoms with van der Waals surface area (Å²) in [5.74, 6) is -0.429. The van der Waals surface area contributed by atoms with Crippen LogP contribution < -0.4 is 5.73 Å². The summed E-state index contributed by atoms with van der Waals surface area (Å²) in [6, 6.07) is 6.96. The van der Waals surface area contributed by atoms with Crippen LogP contribution in [-0.2, 0) is 11.2 Å². The first-order chi connectivity index (χ1) is 6.24. The first-order valence-electron chi connectivity index (χ1n) is 4.06. The average Bonchev–Trinajstić information content (AvgIpc) is 2.15. The first kappa shape index (κ1) is 9.45. The van der Waals surface area contributed by atoms with Crippen molar-refractivity contribution in [3.8, 4) is 0 Å². The van der Waals surface area contributed by atoms with E-state index in [0.717, 1.165) is 11.8 Å². The molecule has 1 aromatic carbocycles. The molecule has 0 fully saturated rings. The van der Waals surface area contributed by atoms with Crippen molar-refractivity contribution >= 4 is 12.2 Å². The minimum Gasteiger partial charge on any atom is -0.366 e. The molecule has 3 nitrogen and oxygen atoms in total. The molecule has 0 aliphatic carbocycles. The number of nitrogens with two attached hydrogens (primary N) is 1. The highest BCUT2D eigenvalue weighted by Gasteiger charge is 1.98. The Balaban J connectivity index is 2.69. The molecule has 1 amide bonds. The van der Waals surface area contributed by atoms with Crippen LogP contribution in [-0.4, -0.2) is 12.2 Å². The maximum Gasteiger partial charge on any atom is 0.248 e. The molecule has 0 radical (unpaired) electrons. The van der Waals surface area contributed by atoms with Crippen molar-refractivity contribution in [2.24, 2.45) is 5.73 Å². The van der Waals surface area contributed by atoms with Gasteiger partial charge in [-0.3, -0.25) is 4.79 Å². The van der Waals surface area contributed by atoms with Gasteiger partial charge in [-0.25, -0.2) is 0 Å². The van der Waals surface area contributed by atoms with E-state index < -0.39 is 5.91 Å². The lowest BCUT2D eigenvalue weighted by molar-refractivity contribution is -0.107. The molecule has 0 bridgehead atoms. The van der Waals surface area contributed by atoms with Crippen LogP contribution >= 0.6 is 0 Å². The molecule has 1 aromatic rings. The molecular formula is C10H11NO2. The van der Waals surface area contributed by atoms with E-state index in [2.05, 4.69) is 0 Å². The topological polar surface area (TPSA) is 60.2 Å². The second-order valence-corrected chi connectivity index (χ2v) is 2.77. The number of aryl methyl sites for hydroxylation is 1. The lowest BCUT2D eigenvalue weighted by Crippen LogP contribution is -2.10. The molecule has 0 saturated carbocycles. The van der Waals surface area contributed by atoms with Gasteiger partial charge < -0.3 is 10.5 Å². The zero-order chi connectivity index (χ0) is 9.68. The van der Waals surface area contributed by atoms with Gasteiger partial charge in [0.05, 0.1) is 0 Å². The summed E-state index contributed by atoms with van der Waals surface area (Å²) in [6.07, 6.45) is 2.10. The largest absolute Gasteiger partial charge is 0.366 e. The van der Waals surface area contributed by atoms with Crippen LogP contribution in [0.25, 0.3) is 0 Å². The second kappa shape index (κ2) is 4.40. The molecule has 3 heteroatoms. The van der Waals surface area contributed by atoms with Gasteiger partial charge in [0.1, 0.15) is 6.29 Å². The van der Waals surface area contributed by atoms with E-state index in [1.165, 1.54) is 0 Å². The Morgan fingerprint density at radius 3 is 2.38 bits per heavy atom. The third-order valence-corrected chi connectivity index (χ3v) is 1.79. The van der Waals surface area contributed by atoms with E-state index >= 15 is 0 Å². The number of amides is 1. The Morgan fingerprint density at radius 2 is 1.92 bits per heavy atom. The molecule has 0 heterocycles. The van der Waals surface area contributed by atoms with Crippen LogP contribution in [0.1, 0.15) is 22.3 Å². The Bertz CT molecular complexity index is 303.